The van der Waals surface area contributed by atoms with Crippen LogP contribution in [0, 0.1) is 0 Å². The smallest absolute Gasteiger partial charge is 0.315 e. The summed E-state index contributed by atoms with van der Waals surface area (Å²) in [5, 5.41) is 9.53. The quantitative estimate of drug-likeness (QED) is 0.567. The van der Waals surface area contributed by atoms with Gasteiger partial charge in [0.25, 0.3) is 0 Å². The molecule has 1 N–H and O–H groups in total. The van der Waals surface area contributed by atoms with E-state index in [9.17, 15) is 14.7 Å². The summed E-state index contributed by atoms with van der Waals surface area (Å²) in [4.78, 5) is 29.2. The van der Waals surface area contributed by atoms with Gasteiger partial charge in [-0.3, -0.25) is 9.78 Å². The number of ether oxygens (including phenoxy) is 3. The molecule has 1 aliphatic heterocycles. The van der Waals surface area contributed by atoms with Gasteiger partial charge in [0, 0.05) is 27.3 Å². The molecule has 1 saturated heterocycles. The van der Waals surface area contributed by atoms with Gasteiger partial charge in [-0.05, 0) is 24.5 Å². The number of nitrogens with zero attached hydrogens (tertiary/aromatic N) is 2. The number of pyridine rings is 1. The summed E-state index contributed by atoms with van der Waals surface area (Å²) in [5.74, 6) is 1.05. The number of rotatable bonds is 7. The molecule has 1 aromatic rings. The van der Waals surface area contributed by atoms with Gasteiger partial charge >= 0.3 is 5.97 Å². The number of carboxylic acid groups (broad SMARTS) is 1. The second kappa shape index (κ2) is 7.55. The van der Waals surface area contributed by atoms with E-state index >= 15 is 0 Å². The second-order valence-electron chi connectivity index (χ2n) is 6.45. The number of aromatic nitrogens is 1. The van der Waals surface area contributed by atoms with E-state index in [1.807, 2.05) is 16.9 Å². The van der Waals surface area contributed by atoms with Gasteiger partial charge in [-0.25, -0.2) is 4.79 Å². The predicted molar refractivity (Wildman–Crippen MR) is 90.0 cm³/mol. The molecule has 1 aromatic heterocycles. The van der Waals surface area contributed by atoms with Crippen LogP contribution in [0.1, 0.15) is 36.1 Å². The van der Waals surface area contributed by atoms with Crippen LogP contribution >= 0.6 is 0 Å². The largest absolute Gasteiger partial charge is 0.481 e. The highest BCUT2D eigenvalue weighted by atomic mass is 16.7. The van der Waals surface area contributed by atoms with Gasteiger partial charge in [-0.2, -0.15) is 0 Å². The summed E-state index contributed by atoms with van der Waals surface area (Å²) in [6.45, 7) is 1.73. The van der Waals surface area contributed by atoms with Crippen LogP contribution in [0.4, 0.5) is 0 Å². The zero-order chi connectivity index (χ0) is 18.7. The molecule has 0 bridgehead atoms. The van der Waals surface area contributed by atoms with Crippen molar-refractivity contribution in [3.8, 4) is 0 Å². The third-order valence-corrected chi connectivity index (χ3v) is 4.92. The Hall–Kier alpha value is -2.25. The third-order valence-electron chi connectivity index (χ3n) is 4.92. The number of hydrogen-bond acceptors (Lipinski definition) is 7. The molecule has 2 aliphatic rings. The van der Waals surface area contributed by atoms with Crippen LogP contribution in [0.3, 0.4) is 0 Å². The summed E-state index contributed by atoms with van der Waals surface area (Å²) < 4.78 is 16.0. The Kier molecular flexibility index (Phi) is 5.38. The van der Waals surface area contributed by atoms with Crippen molar-refractivity contribution >= 4 is 11.9 Å². The lowest BCUT2D eigenvalue weighted by Gasteiger charge is -2.30. The molecule has 3 rings (SSSR count). The molecule has 2 fully saturated rings. The maximum atomic E-state index is 11.6. The lowest BCUT2D eigenvalue weighted by molar-refractivity contribution is -0.140. The Morgan fingerprint density at radius 3 is 2.73 bits per heavy atom. The molecule has 8 nitrogen and oxygen atoms in total. The molecule has 1 saturated carbocycles. The number of carboxylic acids is 1. The molecule has 140 valence electrons. The average molecular weight is 362 g/mol. The van der Waals surface area contributed by atoms with E-state index in [0.717, 1.165) is 5.56 Å². The highest BCUT2D eigenvalue weighted by molar-refractivity contribution is 5.84. The number of carbonyl (C=O) groups excluding carboxylic acids is 1. The Morgan fingerprint density at radius 1 is 1.42 bits per heavy atom. The Labute approximate surface area is 151 Å². The first kappa shape index (κ1) is 18.5. The standard InChI is InChI=1S/C18H22N2O6/c1-24-16(25-2)15-12(9-20-7-8-26-11-13(20)10-21)3-4-14(19-15)18(5-6-18)17(22)23/h3-4,16H,5-9,11H2,1-2H3,(H,22,23). The molecule has 8 heteroatoms. The molecule has 0 atom stereocenters. The molecule has 0 spiro atoms. The highest BCUT2D eigenvalue weighted by Gasteiger charge is 2.53. The molecule has 2 heterocycles. The van der Waals surface area contributed by atoms with Crippen molar-refractivity contribution in [3.63, 3.8) is 0 Å². The van der Waals surface area contributed by atoms with E-state index in [-0.39, 0.29) is 6.61 Å². The first-order valence-electron chi connectivity index (χ1n) is 8.41. The van der Waals surface area contributed by atoms with E-state index in [0.29, 0.717) is 49.6 Å². The van der Waals surface area contributed by atoms with Crippen molar-refractivity contribution in [1.82, 2.24) is 9.88 Å². The summed E-state index contributed by atoms with van der Waals surface area (Å²) in [6.07, 6.45) is 0.416. The van der Waals surface area contributed by atoms with Gasteiger partial charge in [-0.15, -0.1) is 0 Å². The van der Waals surface area contributed by atoms with E-state index in [2.05, 4.69) is 4.98 Å². The van der Waals surface area contributed by atoms with Crippen molar-refractivity contribution in [3.05, 3.63) is 34.8 Å². The van der Waals surface area contributed by atoms with Crippen LogP contribution in [0.2, 0.25) is 0 Å². The number of methoxy groups -OCH3 is 2. The lowest BCUT2D eigenvalue weighted by Crippen LogP contribution is -2.35. The normalized spacial score (nSPS) is 18.7. The SMILES string of the molecule is COC(OC)c1nc(C2(C(=O)O)CC2)ccc1CN1CCOCC1=C=O. The van der Waals surface area contributed by atoms with Crippen LogP contribution in [-0.4, -0.2) is 60.9 Å². The molecular weight excluding hydrogens is 340 g/mol. The van der Waals surface area contributed by atoms with E-state index in [4.69, 9.17) is 14.2 Å². The maximum absolute atomic E-state index is 11.6. The fourth-order valence-electron chi connectivity index (χ4n) is 3.18. The zero-order valence-corrected chi connectivity index (χ0v) is 14.9. The minimum atomic E-state index is -0.911. The van der Waals surface area contributed by atoms with E-state index < -0.39 is 17.7 Å². The topological polar surface area (TPSA) is 98.2 Å². The summed E-state index contributed by atoms with van der Waals surface area (Å²) in [6, 6.07) is 3.58. The number of aliphatic carboxylic acids is 1. The second-order valence-corrected chi connectivity index (χ2v) is 6.45. The van der Waals surface area contributed by atoms with Gasteiger partial charge in [0.2, 0.25) is 6.29 Å². The van der Waals surface area contributed by atoms with E-state index in [1.54, 1.807) is 6.07 Å². The zero-order valence-electron chi connectivity index (χ0n) is 14.9. The maximum Gasteiger partial charge on any atom is 0.315 e. The highest BCUT2D eigenvalue weighted by Crippen LogP contribution is 2.48. The minimum absolute atomic E-state index is 0.227. The first-order valence-corrected chi connectivity index (χ1v) is 8.41. The number of hydrogen-bond donors (Lipinski definition) is 1. The summed E-state index contributed by atoms with van der Waals surface area (Å²) in [5.41, 5.74) is 1.37. The molecular formula is C18H22N2O6. The van der Waals surface area contributed by atoms with Crippen molar-refractivity contribution in [2.24, 2.45) is 0 Å². The number of morpholine rings is 1. The van der Waals surface area contributed by atoms with Crippen LogP contribution < -0.4 is 0 Å². The average Bonchev–Trinajstić information content (AvgIpc) is 3.46. The van der Waals surface area contributed by atoms with Gasteiger partial charge < -0.3 is 24.2 Å². The molecule has 1 aliphatic carbocycles. The molecule has 26 heavy (non-hydrogen) atoms. The molecule has 0 radical (unpaired) electrons. The van der Waals surface area contributed by atoms with Crippen molar-refractivity contribution in [1.29, 1.82) is 0 Å². The number of carbonyl (C=O) groups is 1. The Balaban J connectivity index is 1.96. The van der Waals surface area contributed by atoms with Crippen molar-refractivity contribution in [2.75, 3.05) is 34.0 Å². The summed E-state index contributed by atoms with van der Waals surface area (Å²) >= 11 is 0. The van der Waals surface area contributed by atoms with Crippen LogP contribution in [0.15, 0.2) is 17.8 Å². The van der Waals surface area contributed by atoms with Gasteiger partial charge in [0.05, 0.1) is 18.9 Å². The molecule has 0 aromatic carbocycles. The Morgan fingerprint density at radius 2 is 2.15 bits per heavy atom. The van der Waals surface area contributed by atoms with Gasteiger partial charge in [0.15, 0.2) is 0 Å². The predicted octanol–water partition coefficient (Wildman–Crippen LogP) is 1.04. The van der Waals surface area contributed by atoms with Crippen LogP contribution in [0.25, 0.3) is 0 Å². The molecule has 0 unspecified atom stereocenters. The van der Waals surface area contributed by atoms with E-state index in [1.165, 1.54) is 14.2 Å². The van der Waals surface area contributed by atoms with Gasteiger partial charge in [-0.1, -0.05) is 6.07 Å². The Bertz CT molecular complexity index is 735. The first-order chi connectivity index (χ1) is 12.6. The van der Waals surface area contributed by atoms with Gasteiger partial charge in [0.1, 0.15) is 22.7 Å². The fourth-order valence-corrected chi connectivity index (χ4v) is 3.18. The van der Waals surface area contributed by atoms with Crippen LogP contribution in [0.5, 0.6) is 0 Å². The van der Waals surface area contributed by atoms with Crippen molar-refractivity contribution < 1.29 is 28.9 Å². The van der Waals surface area contributed by atoms with Crippen LogP contribution in [-0.2, 0) is 35.8 Å². The lowest BCUT2D eigenvalue weighted by atomic mass is 10.00. The third kappa shape index (κ3) is 3.37. The summed E-state index contributed by atoms with van der Waals surface area (Å²) in [7, 11) is 3.00. The fraction of sp³-hybridized carbons (Fsp3) is 0.556. The monoisotopic (exact) mass is 362 g/mol. The minimum Gasteiger partial charge on any atom is -0.481 e. The molecule has 0 amide bonds. The van der Waals surface area contributed by atoms with Crippen molar-refractivity contribution in [2.45, 2.75) is 31.1 Å².